The maximum atomic E-state index is 6.23. The van der Waals surface area contributed by atoms with Gasteiger partial charge in [-0.15, -0.1) is 5.10 Å². The van der Waals surface area contributed by atoms with Crippen LogP contribution in [0.2, 0.25) is 5.02 Å². The van der Waals surface area contributed by atoms with Crippen molar-refractivity contribution in [2.45, 2.75) is 53.1 Å². The minimum absolute atomic E-state index is 0.255. The van der Waals surface area contributed by atoms with E-state index in [9.17, 15) is 0 Å². The Morgan fingerprint density at radius 1 is 1.07 bits per heavy atom. The second kappa shape index (κ2) is 8.57. The number of halogens is 1. The van der Waals surface area contributed by atoms with Gasteiger partial charge in [-0.1, -0.05) is 31.5 Å². The standard InChI is InChI=1S/C20H31ClN6/c1-14(2)12-19(20-22-23-24-27(20)15(3)4)26-10-8-25(9-11-26)18-13-17(21)7-6-16(18)5/h6-7,13-15,19H,8-12H2,1-5H3/t19-/m1/s1. The van der Waals surface area contributed by atoms with Crippen LogP contribution >= 0.6 is 11.6 Å². The summed E-state index contributed by atoms with van der Waals surface area (Å²) in [6.07, 6.45) is 1.06. The average molecular weight is 391 g/mol. The number of nitrogens with zero attached hydrogens (tertiary/aromatic N) is 6. The molecule has 1 saturated heterocycles. The molecule has 0 radical (unpaired) electrons. The summed E-state index contributed by atoms with van der Waals surface area (Å²) >= 11 is 6.23. The summed E-state index contributed by atoms with van der Waals surface area (Å²) in [6.45, 7) is 14.9. The number of hydrogen-bond donors (Lipinski definition) is 0. The normalized spacial score (nSPS) is 17.1. The van der Waals surface area contributed by atoms with Gasteiger partial charge in [-0.2, -0.15) is 0 Å². The van der Waals surface area contributed by atoms with Crippen molar-refractivity contribution in [1.29, 1.82) is 0 Å². The number of hydrogen-bond acceptors (Lipinski definition) is 5. The summed E-state index contributed by atoms with van der Waals surface area (Å²) in [4.78, 5) is 4.98. The zero-order valence-electron chi connectivity index (χ0n) is 17.1. The molecule has 0 bridgehead atoms. The van der Waals surface area contributed by atoms with Crippen molar-refractivity contribution in [1.82, 2.24) is 25.1 Å². The molecule has 0 spiro atoms. The molecule has 0 aliphatic carbocycles. The van der Waals surface area contributed by atoms with E-state index in [0.717, 1.165) is 43.4 Å². The molecule has 27 heavy (non-hydrogen) atoms. The molecule has 1 aliphatic heterocycles. The summed E-state index contributed by atoms with van der Waals surface area (Å²) in [5, 5.41) is 13.4. The number of anilines is 1. The van der Waals surface area contributed by atoms with Crippen LogP contribution < -0.4 is 4.90 Å². The van der Waals surface area contributed by atoms with Crippen molar-refractivity contribution in [3.63, 3.8) is 0 Å². The fourth-order valence-corrected chi connectivity index (χ4v) is 4.02. The van der Waals surface area contributed by atoms with Crippen LogP contribution in [0.1, 0.15) is 57.6 Å². The smallest absolute Gasteiger partial charge is 0.168 e. The van der Waals surface area contributed by atoms with Crippen molar-refractivity contribution in [3.05, 3.63) is 34.6 Å². The van der Waals surface area contributed by atoms with Gasteiger partial charge in [0.25, 0.3) is 0 Å². The maximum Gasteiger partial charge on any atom is 0.168 e. The van der Waals surface area contributed by atoms with Crippen LogP contribution in [0.15, 0.2) is 18.2 Å². The predicted octanol–water partition coefficient (Wildman–Crippen LogP) is 4.13. The minimum atomic E-state index is 0.255. The molecule has 1 aliphatic rings. The first-order chi connectivity index (χ1) is 12.9. The average Bonchev–Trinajstić information content (AvgIpc) is 3.11. The molecule has 0 amide bonds. The van der Waals surface area contributed by atoms with Crippen molar-refractivity contribution in [3.8, 4) is 0 Å². The van der Waals surface area contributed by atoms with E-state index in [2.05, 4.69) is 72.1 Å². The molecule has 148 valence electrons. The highest BCUT2D eigenvalue weighted by molar-refractivity contribution is 6.30. The third-order valence-electron chi connectivity index (χ3n) is 5.27. The maximum absolute atomic E-state index is 6.23. The number of aromatic nitrogens is 4. The molecule has 2 heterocycles. The molecule has 0 unspecified atom stereocenters. The molecule has 7 heteroatoms. The largest absolute Gasteiger partial charge is 0.369 e. The number of rotatable bonds is 6. The van der Waals surface area contributed by atoms with E-state index in [4.69, 9.17) is 11.6 Å². The molecule has 6 nitrogen and oxygen atoms in total. The number of benzene rings is 1. The van der Waals surface area contributed by atoms with E-state index in [0.29, 0.717) is 5.92 Å². The number of tetrazole rings is 1. The van der Waals surface area contributed by atoms with Gasteiger partial charge in [-0.25, -0.2) is 4.68 Å². The fraction of sp³-hybridized carbons (Fsp3) is 0.650. The lowest BCUT2D eigenvalue weighted by molar-refractivity contribution is 0.151. The van der Waals surface area contributed by atoms with Crippen LogP contribution in [0.3, 0.4) is 0 Å². The number of piperazine rings is 1. The van der Waals surface area contributed by atoms with Gasteiger partial charge >= 0.3 is 0 Å². The van der Waals surface area contributed by atoms with E-state index < -0.39 is 0 Å². The van der Waals surface area contributed by atoms with E-state index in [1.807, 2.05) is 10.7 Å². The van der Waals surface area contributed by atoms with Crippen molar-refractivity contribution in [2.24, 2.45) is 5.92 Å². The molecule has 2 aromatic rings. The second-order valence-electron chi connectivity index (χ2n) is 8.17. The SMILES string of the molecule is Cc1ccc(Cl)cc1N1CCN([C@H](CC(C)C)c2nnnn2C(C)C)CC1. The van der Waals surface area contributed by atoms with Gasteiger partial charge in [0.2, 0.25) is 0 Å². The summed E-state index contributed by atoms with van der Waals surface area (Å²) in [6, 6.07) is 6.66. The highest BCUT2D eigenvalue weighted by atomic mass is 35.5. The highest BCUT2D eigenvalue weighted by Crippen LogP contribution is 2.31. The van der Waals surface area contributed by atoms with E-state index in [1.54, 1.807) is 0 Å². The van der Waals surface area contributed by atoms with Gasteiger partial charge < -0.3 is 4.90 Å². The van der Waals surface area contributed by atoms with E-state index in [-0.39, 0.29) is 12.1 Å². The van der Waals surface area contributed by atoms with E-state index >= 15 is 0 Å². The molecule has 3 rings (SSSR count). The first-order valence-electron chi connectivity index (χ1n) is 9.89. The Labute approximate surface area is 167 Å². The molecular weight excluding hydrogens is 360 g/mol. The van der Waals surface area contributed by atoms with Crippen LogP contribution in [-0.4, -0.2) is 51.3 Å². The molecule has 1 fully saturated rings. The number of aryl methyl sites for hydroxylation is 1. The molecule has 1 aromatic heterocycles. The monoisotopic (exact) mass is 390 g/mol. The van der Waals surface area contributed by atoms with Gasteiger partial charge in [-0.3, -0.25) is 4.90 Å². The highest BCUT2D eigenvalue weighted by Gasteiger charge is 2.30. The molecule has 1 aromatic carbocycles. The summed E-state index contributed by atoms with van der Waals surface area (Å²) < 4.78 is 1.97. The van der Waals surface area contributed by atoms with Crippen molar-refractivity contribution < 1.29 is 0 Å². The van der Waals surface area contributed by atoms with Gasteiger partial charge in [0, 0.05) is 36.9 Å². The molecular formula is C20H31ClN6. The van der Waals surface area contributed by atoms with Crippen molar-refractivity contribution in [2.75, 3.05) is 31.1 Å². The fourth-order valence-electron chi connectivity index (χ4n) is 3.85. The third kappa shape index (κ3) is 4.61. The van der Waals surface area contributed by atoms with Gasteiger partial charge in [0.15, 0.2) is 5.82 Å². The lowest BCUT2D eigenvalue weighted by atomic mass is 10.0. The van der Waals surface area contributed by atoms with Gasteiger partial charge in [0.1, 0.15) is 0 Å². The predicted molar refractivity (Wildman–Crippen MR) is 110 cm³/mol. The Morgan fingerprint density at radius 3 is 2.41 bits per heavy atom. The lowest BCUT2D eigenvalue weighted by Crippen LogP contribution is -2.48. The van der Waals surface area contributed by atoms with Crippen LogP contribution in [0.4, 0.5) is 5.69 Å². The van der Waals surface area contributed by atoms with Crippen LogP contribution in [0.5, 0.6) is 0 Å². The Balaban J connectivity index is 1.76. The van der Waals surface area contributed by atoms with Gasteiger partial charge in [-0.05, 0) is 61.2 Å². The summed E-state index contributed by atoms with van der Waals surface area (Å²) in [5.41, 5.74) is 2.52. The lowest BCUT2D eigenvalue weighted by Gasteiger charge is -2.40. The Bertz CT molecular complexity index is 749. The quantitative estimate of drug-likeness (QED) is 0.742. The third-order valence-corrected chi connectivity index (χ3v) is 5.50. The Kier molecular flexibility index (Phi) is 6.37. The first kappa shape index (κ1) is 20.1. The topological polar surface area (TPSA) is 50.1 Å². The van der Waals surface area contributed by atoms with Crippen LogP contribution in [0.25, 0.3) is 0 Å². The zero-order chi connectivity index (χ0) is 19.6. The van der Waals surface area contributed by atoms with Gasteiger partial charge in [0.05, 0.1) is 12.1 Å². The van der Waals surface area contributed by atoms with Crippen LogP contribution in [-0.2, 0) is 0 Å². The second-order valence-corrected chi connectivity index (χ2v) is 8.61. The Morgan fingerprint density at radius 2 is 1.78 bits per heavy atom. The minimum Gasteiger partial charge on any atom is -0.369 e. The molecule has 1 atom stereocenters. The van der Waals surface area contributed by atoms with Crippen LogP contribution in [0, 0.1) is 12.8 Å². The van der Waals surface area contributed by atoms with Crippen molar-refractivity contribution >= 4 is 17.3 Å². The van der Waals surface area contributed by atoms with E-state index in [1.165, 1.54) is 11.3 Å². The summed E-state index contributed by atoms with van der Waals surface area (Å²) in [5.74, 6) is 1.58. The zero-order valence-corrected chi connectivity index (χ0v) is 17.8. The first-order valence-corrected chi connectivity index (χ1v) is 10.3. The Hall–Kier alpha value is -1.66. The molecule has 0 saturated carbocycles. The summed E-state index contributed by atoms with van der Waals surface area (Å²) in [7, 11) is 0. The molecule has 0 N–H and O–H groups in total.